The van der Waals surface area contributed by atoms with E-state index in [0.717, 1.165) is 43.5 Å². The summed E-state index contributed by atoms with van der Waals surface area (Å²) in [5.74, 6) is -0.405. The van der Waals surface area contributed by atoms with E-state index in [0.29, 0.717) is 57.2 Å². The number of benzene rings is 2. The van der Waals surface area contributed by atoms with Crippen molar-refractivity contribution in [1.29, 1.82) is 0 Å². The lowest BCUT2D eigenvalue weighted by Crippen LogP contribution is -2.49. The highest BCUT2D eigenvalue weighted by atomic mass is 32.2. The van der Waals surface area contributed by atoms with Crippen molar-refractivity contribution in [2.45, 2.75) is 95.3 Å². The summed E-state index contributed by atoms with van der Waals surface area (Å²) < 4.78 is 41.9. The van der Waals surface area contributed by atoms with E-state index in [2.05, 4.69) is 39.1 Å². The first-order valence-electron chi connectivity index (χ1n) is 19.8. The summed E-state index contributed by atoms with van der Waals surface area (Å²) in [5, 5.41) is 10.8. The third-order valence-corrected chi connectivity index (χ3v) is 15.3. The summed E-state index contributed by atoms with van der Waals surface area (Å²) in [6, 6.07) is 13.8. The first kappa shape index (κ1) is 37.9. The topological polar surface area (TPSA) is 132 Å². The molecule has 8 rings (SSSR count). The number of aryl methyl sites for hydroxylation is 2. The van der Waals surface area contributed by atoms with Gasteiger partial charge in [-0.3, -0.25) is 14.3 Å². The number of hydrogen-bond donors (Lipinski definition) is 2. The first-order chi connectivity index (χ1) is 26.4. The van der Waals surface area contributed by atoms with Gasteiger partial charge in [0.05, 0.1) is 55.1 Å². The quantitative estimate of drug-likeness (QED) is 0.303. The third kappa shape index (κ3) is 7.38. The molecule has 3 aromatic rings. The lowest BCUT2D eigenvalue weighted by atomic mass is 9.68. The van der Waals surface area contributed by atoms with Crippen LogP contribution in [0.4, 0.5) is 5.69 Å². The number of aliphatic hydroxyl groups is 1. The molecule has 4 heterocycles. The second-order valence-electron chi connectivity index (χ2n) is 16.6. The Morgan fingerprint density at radius 1 is 1.15 bits per heavy atom. The summed E-state index contributed by atoms with van der Waals surface area (Å²) >= 11 is 0. The molecule has 55 heavy (non-hydrogen) atoms. The molecule has 1 saturated carbocycles. The van der Waals surface area contributed by atoms with Crippen molar-refractivity contribution in [3.8, 4) is 5.75 Å². The van der Waals surface area contributed by atoms with Crippen molar-refractivity contribution in [2.24, 2.45) is 22.1 Å². The first-order valence-corrected chi connectivity index (χ1v) is 21.4. The molecular weight excluding hydrogens is 717 g/mol. The second kappa shape index (κ2) is 15.2. The maximum Gasteiger partial charge on any atom is 0.286 e. The number of aliphatic hydroxyl groups excluding tert-OH is 1. The average molecular weight is 771 g/mol. The Morgan fingerprint density at radius 2 is 2.00 bits per heavy atom. The van der Waals surface area contributed by atoms with Crippen LogP contribution in [0.5, 0.6) is 5.75 Å². The maximum absolute atomic E-state index is 15.0. The number of carbonyl (C=O) groups is 2. The summed E-state index contributed by atoms with van der Waals surface area (Å²) in [6.45, 7) is 9.04. The van der Waals surface area contributed by atoms with Crippen LogP contribution in [0.3, 0.4) is 0 Å². The zero-order valence-electron chi connectivity index (χ0n) is 32.4. The molecule has 0 saturated heterocycles. The van der Waals surface area contributed by atoms with E-state index in [9.17, 15) is 14.7 Å². The van der Waals surface area contributed by atoms with Crippen LogP contribution in [-0.4, -0.2) is 76.6 Å². The second-order valence-corrected chi connectivity index (χ2v) is 18.9. The zero-order valence-corrected chi connectivity index (χ0v) is 33.2. The number of carbonyl (C=O) groups excluding carboxylic acids is 2. The van der Waals surface area contributed by atoms with E-state index in [1.54, 1.807) is 32.4 Å². The van der Waals surface area contributed by atoms with Crippen molar-refractivity contribution in [3.05, 3.63) is 94.3 Å². The maximum atomic E-state index is 15.0. The molecule has 2 bridgehead atoms. The van der Waals surface area contributed by atoms with E-state index in [4.69, 9.17) is 14.2 Å². The molecule has 5 aliphatic rings. The van der Waals surface area contributed by atoms with Crippen LogP contribution < -0.4 is 14.4 Å². The third-order valence-electron chi connectivity index (χ3n) is 12.9. The Labute approximate surface area is 324 Å². The number of aromatic nitrogens is 1. The highest BCUT2D eigenvalue weighted by Crippen LogP contribution is 2.46. The molecule has 12 heteroatoms. The lowest BCUT2D eigenvalue weighted by Gasteiger charge is -2.45. The van der Waals surface area contributed by atoms with Crippen molar-refractivity contribution >= 4 is 27.4 Å². The smallest absolute Gasteiger partial charge is 0.286 e. The minimum absolute atomic E-state index is 0.105. The number of fused-ring (bicyclic) bond motifs is 5. The molecule has 1 aromatic heterocycles. The predicted molar refractivity (Wildman–Crippen MR) is 212 cm³/mol. The van der Waals surface area contributed by atoms with Gasteiger partial charge in [-0.2, -0.15) is 0 Å². The van der Waals surface area contributed by atoms with Crippen LogP contribution >= 0.6 is 0 Å². The van der Waals surface area contributed by atoms with Gasteiger partial charge in [0.1, 0.15) is 15.7 Å². The number of hydrogen-bond acceptors (Lipinski definition) is 8. The van der Waals surface area contributed by atoms with Gasteiger partial charge in [0.2, 0.25) is 0 Å². The molecule has 1 unspecified atom stereocenters. The Kier molecular flexibility index (Phi) is 10.5. The lowest BCUT2D eigenvalue weighted by molar-refractivity contribution is -0.0382. The number of nitrogens with zero attached hydrogens (tertiary/aromatic N) is 3. The molecule has 294 valence electrons. The average Bonchev–Trinajstić information content (AvgIpc) is 3.52. The van der Waals surface area contributed by atoms with Crippen molar-refractivity contribution in [3.63, 3.8) is 0 Å². The molecule has 3 aliphatic heterocycles. The van der Waals surface area contributed by atoms with Crippen LogP contribution in [0.2, 0.25) is 0 Å². The normalized spacial score (nSPS) is 32.5. The molecule has 1 spiro atoms. The van der Waals surface area contributed by atoms with Crippen molar-refractivity contribution in [1.82, 2.24) is 9.29 Å². The number of nitrogens with one attached hydrogen (secondary N) is 1. The molecule has 1 fully saturated rings. The number of amides is 2. The minimum atomic E-state index is -3.66. The predicted octanol–water partition coefficient (Wildman–Crippen LogP) is 6.14. The van der Waals surface area contributed by atoms with E-state index in [1.807, 2.05) is 35.8 Å². The summed E-state index contributed by atoms with van der Waals surface area (Å²) in [7, 11) is -2.04. The fraction of sp³-hybridized carbons (Fsp3) is 0.535. The summed E-state index contributed by atoms with van der Waals surface area (Å²) in [4.78, 5) is 30.5. The Hall–Kier alpha value is -3.97. The minimum Gasteiger partial charge on any atom is -0.490 e. The van der Waals surface area contributed by atoms with Gasteiger partial charge in [-0.25, -0.2) is 4.21 Å². The van der Waals surface area contributed by atoms with Crippen LogP contribution in [0, 0.1) is 24.7 Å². The van der Waals surface area contributed by atoms with Crippen LogP contribution in [0.25, 0.3) is 0 Å². The SMILES string of the molecule is COC[C@@H]1Cn2cc(C(=O)NS3(=O)=NC(=O)c4ccc5c(c4)N(C[C@@H]4CC[C@H]4[C@@H](O)/C=C/C[C@H](C)[C@H]3C)C[C@@]3(CCCc4cc(C)ccc43)CO5)cc2CO1. The molecule has 0 radical (unpaired) electrons. The van der Waals surface area contributed by atoms with Gasteiger partial charge in [-0.05, 0) is 106 Å². The van der Waals surface area contributed by atoms with Crippen LogP contribution in [0.1, 0.15) is 89.1 Å². The fourth-order valence-corrected chi connectivity index (χ4v) is 11.2. The molecular formula is C43H54N4O7S. The summed E-state index contributed by atoms with van der Waals surface area (Å²) in [5.41, 5.74) is 5.92. The molecule has 2 aromatic carbocycles. The van der Waals surface area contributed by atoms with Gasteiger partial charge in [-0.15, -0.1) is 4.36 Å². The monoisotopic (exact) mass is 770 g/mol. The van der Waals surface area contributed by atoms with E-state index >= 15 is 4.21 Å². The molecule has 2 N–H and O–H groups in total. The van der Waals surface area contributed by atoms with Crippen LogP contribution in [-0.2, 0) is 44.4 Å². The number of methoxy groups -OCH3 is 1. The Bertz CT molecular complexity index is 2120. The number of ether oxygens (including phenoxy) is 3. The fourth-order valence-electron chi connectivity index (χ4n) is 9.34. The zero-order chi connectivity index (χ0) is 38.5. The number of anilines is 1. The largest absolute Gasteiger partial charge is 0.490 e. The number of allylic oxidation sites excluding steroid dienone is 1. The van der Waals surface area contributed by atoms with E-state index < -0.39 is 33.1 Å². The molecule has 8 atom stereocenters. The van der Waals surface area contributed by atoms with Gasteiger partial charge in [0.15, 0.2) is 0 Å². The van der Waals surface area contributed by atoms with Gasteiger partial charge >= 0.3 is 0 Å². The van der Waals surface area contributed by atoms with Crippen molar-refractivity contribution in [2.75, 3.05) is 38.3 Å². The van der Waals surface area contributed by atoms with Gasteiger partial charge < -0.3 is 28.8 Å². The molecule has 2 amide bonds. The molecule has 11 nitrogen and oxygen atoms in total. The van der Waals surface area contributed by atoms with E-state index in [1.165, 1.54) is 16.7 Å². The molecule has 2 aliphatic carbocycles. The van der Waals surface area contributed by atoms with E-state index in [-0.39, 0.29) is 34.8 Å². The summed E-state index contributed by atoms with van der Waals surface area (Å²) in [6.07, 6.45) is 10.3. The van der Waals surface area contributed by atoms with Crippen LogP contribution in [0.15, 0.2) is 65.2 Å². The van der Waals surface area contributed by atoms with Gasteiger partial charge in [0, 0.05) is 43.1 Å². The number of rotatable bonds is 4. The highest BCUT2D eigenvalue weighted by Gasteiger charge is 2.44. The van der Waals surface area contributed by atoms with Gasteiger partial charge in [0.25, 0.3) is 11.8 Å². The highest BCUT2D eigenvalue weighted by molar-refractivity contribution is 7.93. The van der Waals surface area contributed by atoms with Gasteiger partial charge in [-0.1, -0.05) is 42.8 Å². The Morgan fingerprint density at radius 3 is 2.80 bits per heavy atom. The van der Waals surface area contributed by atoms with Crippen molar-refractivity contribution < 1.29 is 33.1 Å². The Balaban J connectivity index is 1.17. The standard InChI is InChI=1S/C43H54N4O7S/c1-27-10-14-37-30(17-27)8-6-16-43(37)25-47-20-32-11-13-36(32)39(48)9-5-7-28(2)29(3)55(51,44-41(49)31-12-15-40(54-26-43)38(47)19-31)45-42(50)33-18-34-23-53-35(24-52-4)22-46(34)21-33/h5,9-10,12,14-15,17-19,21,28-29,32,35-36,39,48H,6-8,11,13,16,20,22-26H2,1-4H3,(H,44,45,49,50,51)/b9-5+/t28-,29+,32-,35-,36+,39-,43-,55?/m0/s1.